The standard InChI is InChI=1S/C18H22BrN5/c1-12-4-2-6-23(10-12)15-9-22-18-16(15)17(14(19)8-21-18)24-7-3-5-13(20)11-24/h2,4,8-10,13H,3,5-7,11,20H2,1H3,(H,21,22)/t13-/m1/s1. The van der Waals surface area contributed by atoms with Crippen LogP contribution >= 0.6 is 15.9 Å². The maximum atomic E-state index is 6.22. The molecule has 4 rings (SSSR count). The zero-order chi connectivity index (χ0) is 16.7. The summed E-state index contributed by atoms with van der Waals surface area (Å²) in [5.41, 5.74) is 10.8. The summed E-state index contributed by atoms with van der Waals surface area (Å²) < 4.78 is 1.03. The molecule has 0 unspecified atom stereocenters. The molecule has 0 saturated carbocycles. The van der Waals surface area contributed by atoms with Gasteiger partial charge in [0.1, 0.15) is 5.65 Å². The third-order valence-corrected chi connectivity index (χ3v) is 5.31. The molecule has 3 N–H and O–H groups in total. The fourth-order valence-electron chi connectivity index (χ4n) is 3.65. The molecule has 126 valence electrons. The van der Waals surface area contributed by atoms with Gasteiger partial charge in [-0.3, -0.25) is 0 Å². The van der Waals surface area contributed by atoms with Crippen LogP contribution in [0.2, 0.25) is 0 Å². The summed E-state index contributed by atoms with van der Waals surface area (Å²) in [5.74, 6) is 0. The monoisotopic (exact) mass is 387 g/mol. The molecule has 0 bridgehead atoms. The fourth-order valence-corrected chi connectivity index (χ4v) is 4.20. The molecule has 1 atom stereocenters. The van der Waals surface area contributed by atoms with Crippen LogP contribution < -0.4 is 15.5 Å². The van der Waals surface area contributed by atoms with Gasteiger partial charge in [0.2, 0.25) is 0 Å². The first-order valence-corrected chi connectivity index (χ1v) is 9.20. The van der Waals surface area contributed by atoms with Crippen LogP contribution in [0.15, 0.2) is 40.8 Å². The maximum Gasteiger partial charge on any atom is 0.141 e. The van der Waals surface area contributed by atoms with Gasteiger partial charge in [-0.15, -0.1) is 0 Å². The highest BCUT2D eigenvalue weighted by atomic mass is 79.9. The number of pyridine rings is 1. The second kappa shape index (κ2) is 6.26. The molecule has 6 heteroatoms. The van der Waals surface area contributed by atoms with Gasteiger partial charge in [0.25, 0.3) is 0 Å². The number of rotatable bonds is 2. The lowest BCUT2D eigenvalue weighted by Gasteiger charge is -2.34. The number of hydrogen-bond acceptors (Lipinski definition) is 4. The Kier molecular flexibility index (Phi) is 4.10. The Morgan fingerprint density at radius 3 is 3.08 bits per heavy atom. The third kappa shape index (κ3) is 2.74. The highest BCUT2D eigenvalue weighted by Gasteiger charge is 2.24. The Labute approximate surface area is 150 Å². The van der Waals surface area contributed by atoms with E-state index in [0.717, 1.165) is 53.7 Å². The van der Waals surface area contributed by atoms with Crippen molar-refractivity contribution in [1.82, 2.24) is 9.97 Å². The number of H-pyrrole nitrogens is 1. The van der Waals surface area contributed by atoms with Crippen molar-refractivity contribution in [2.75, 3.05) is 29.4 Å². The molecule has 1 saturated heterocycles. The van der Waals surface area contributed by atoms with Crippen molar-refractivity contribution >= 4 is 38.3 Å². The average molecular weight is 388 g/mol. The molecule has 2 aliphatic rings. The Bertz CT molecular complexity index is 822. The molecular formula is C18H22BrN5. The van der Waals surface area contributed by atoms with E-state index in [2.05, 4.69) is 67.2 Å². The Balaban J connectivity index is 1.85. The first-order valence-electron chi connectivity index (χ1n) is 8.41. The number of nitrogens with zero attached hydrogens (tertiary/aromatic N) is 3. The summed E-state index contributed by atoms with van der Waals surface area (Å²) in [6.07, 6.45) is 12.7. The number of nitrogens with one attached hydrogen (secondary N) is 1. The quantitative estimate of drug-likeness (QED) is 0.827. The predicted octanol–water partition coefficient (Wildman–Crippen LogP) is 3.53. The number of aromatic amines is 1. The summed E-state index contributed by atoms with van der Waals surface area (Å²) in [5, 5.41) is 1.16. The topological polar surface area (TPSA) is 61.2 Å². The molecule has 5 nitrogen and oxygen atoms in total. The number of fused-ring (bicyclic) bond motifs is 1. The van der Waals surface area contributed by atoms with Gasteiger partial charge < -0.3 is 20.5 Å². The largest absolute Gasteiger partial charge is 0.368 e. The minimum atomic E-state index is 0.233. The second-order valence-electron chi connectivity index (χ2n) is 6.63. The van der Waals surface area contributed by atoms with Crippen LogP contribution in [-0.4, -0.2) is 35.6 Å². The van der Waals surface area contributed by atoms with Gasteiger partial charge in [0, 0.05) is 44.3 Å². The molecule has 4 heterocycles. The number of aromatic nitrogens is 2. The summed E-state index contributed by atoms with van der Waals surface area (Å²) in [7, 11) is 0. The molecule has 0 radical (unpaired) electrons. The minimum absolute atomic E-state index is 0.233. The van der Waals surface area contributed by atoms with Crippen molar-refractivity contribution in [2.24, 2.45) is 5.73 Å². The Morgan fingerprint density at radius 2 is 2.29 bits per heavy atom. The van der Waals surface area contributed by atoms with Crippen LogP contribution in [0.3, 0.4) is 0 Å². The van der Waals surface area contributed by atoms with Crippen LogP contribution in [-0.2, 0) is 0 Å². The van der Waals surface area contributed by atoms with Gasteiger partial charge in [-0.2, -0.15) is 0 Å². The number of halogens is 1. The second-order valence-corrected chi connectivity index (χ2v) is 7.48. The average Bonchev–Trinajstić information content (AvgIpc) is 2.98. The minimum Gasteiger partial charge on any atom is -0.368 e. The van der Waals surface area contributed by atoms with Crippen LogP contribution in [0, 0.1) is 0 Å². The van der Waals surface area contributed by atoms with Gasteiger partial charge in [-0.1, -0.05) is 12.2 Å². The van der Waals surface area contributed by atoms with Gasteiger partial charge >= 0.3 is 0 Å². The van der Waals surface area contributed by atoms with E-state index in [4.69, 9.17) is 5.73 Å². The molecule has 2 aromatic heterocycles. The summed E-state index contributed by atoms with van der Waals surface area (Å²) >= 11 is 3.72. The summed E-state index contributed by atoms with van der Waals surface area (Å²) in [6.45, 7) is 4.91. The number of hydrogen-bond donors (Lipinski definition) is 2. The van der Waals surface area contributed by atoms with E-state index >= 15 is 0 Å². The van der Waals surface area contributed by atoms with Gasteiger partial charge in [0.05, 0.1) is 21.2 Å². The Morgan fingerprint density at radius 1 is 1.42 bits per heavy atom. The predicted molar refractivity (Wildman–Crippen MR) is 103 cm³/mol. The zero-order valence-corrected chi connectivity index (χ0v) is 15.4. The molecule has 2 aromatic rings. The highest BCUT2D eigenvalue weighted by Crippen LogP contribution is 2.40. The van der Waals surface area contributed by atoms with E-state index in [1.165, 1.54) is 11.3 Å². The third-order valence-electron chi connectivity index (χ3n) is 4.73. The number of nitrogens with two attached hydrogens (primary N) is 1. The van der Waals surface area contributed by atoms with Gasteiger partial charge in [-0.05, 0) is 41.3 Å². The fraction of sp³-hybridized carbons (Fsp3) is 0.389. The van der Waals surface area contributed by atoms with Crippen molar-refractivity contribution in [3.8, 4) is 0 Å². The molecule has 0 aromatic carbocycles. The van der Waals surface area contributed by atoms with Crippen molar-refractivity contribution in [1.29, 1.82) is 0 Å². The molecular weight excluding hydrogens is 366 g/mol. The van der Waals surface area contributed by atoms with E-state index in [1.807, 2.05) is 6.20 Å². The van der Waals surface area contributed by atoms with E-state index in [9.17, 15) is 0 Å². The molecule has 0 amide bonds. The summed E-state index contributed by atoms with van der Waals surface area (Å²) in [6, 6.07) is 0.233. The smallest absolute Gasteiger partial charge is 0.141 e. The molecule has 0 aliphatic carbocycles. The van der Waals surface area contributed by atoms with Crippen molar-refractivity contribution < 1.29 is 0 Å². The van der Waals surface area contributed by atoms with E-state index in [0.29, 0.717) is 0 Å². The Hall–Kier alpha value is -1.79. The number of allylic oxidation sites excluding steroid dienone is 2. The van der Waals surface area contributed by atoms with Crippen LogP contribution in [0.25, 0.3) is 11.0 Å². The van der Waals surface area contributed by atoms with Crippen LogP contribution in [0.5, 0.6) is 0 Å². The lowest BCUT2D eigenvalue weighted by Crippen LogP contribution is -2.43. The number of piperidine rings is 1. The van der Waals surface area contributed by atoms with Crippen LogP contribution in [0.1, 0.15) is 19.8 Å². The van der Waals surface area contributed by atoms with Gasteiger partial charge in [0.15, 0.2) is 0 Å². The van der Waals surface area contributed by atoms with Crippen molar-refractivity contribution in [3.63, 3.8) is 0 Å². The first kappa shape index (κ1) is 15.7. The molecule has 0 spiro atoms. The van der Waals surface area contributed by atoms with E-state index < -0.39 is 0 Å². The molecule has 24 heavy (non-hydrogen) atoms. The van der Waals surface area contributed by atoms with E-state index in [-0.39, 0.29) is 6.04 Å². The van der Waals surface area contributed by atoms with Crippen molar-refractivity contribution in [2.45, 2.75) is 25.8 Å². The highest BCUT2D eigenvalue weighted by molar-refractivity contribution is 9.10. The summed E-state index contributed by atoms with van der Waals surface area (Å²) in [4.78, 5) is 12.6. The van der Waals surface area contributed by atoms with E-state index in [1.54, 1.807) is 0 Å². The molecule has 2 aliphatic heterocycles. The van der Waals surface area contributed by atoms with Gasteiger partial charge in [-0.25, -0.2) is 4.98 Å². The first-order chi connectivity index (χ1) is 11.6. The van der Waals surface area contributed by atoms with Crippen LogP contribution in [0.4, 0.5) is 11.4 Å². The lowest BCUT2D eigenvalue weighted by atomic mass is 10.1. The lowest BCUT2D eigenvalue weighted by molar-refractivity contribution is 0.506. The van der Waals surface area contributed by atoms with Crippen molar-refractivity contribution in [3.05, 3.63) is 40.8 Å². The SMILES string of the molecule is CC1=CN(c2c[nH]c3ncc(Br)c(N4CCC[C@@H](N)C4)c23)CC=C1. The zero-order valence-electron chi connectivity index (χ0n) is 13.8. The number of anilines is 2. The molecule has 1 fully saturated rings. The maximum absolute atomic E-state index is 6.22. The normalized spacial score (nSPS) is 21.5.